The molecule has 0 aliphatic heterocycles. The molecule has 0 heterocycles. The van der Waals surface area contributed by atoms with E-state index >= 15 is 0 Å². The van der Waals surface area contributed by atoms with Gasteiger partial charge in [0.25, 0.3) is 0 Å². The number of ether oxygens (including phenoxy) is 2. The summed E-state index contributed by atoms with van der Waals surface area (Å²) in [5.74, 6) is -0.304. The summed E-state index contributed by atoms with van der Waals surface area (Å²) in [4.78, 5) is 22.2. The van der Waals surface area contributed by atoms with Crippen molar-refractivity contribution in [1.29, 1.82) is 0 Å². The lowest BCUT2D eigenvalue weighted by Crippen LogP contribution is -2.33. The molecule has 0 spiro atoms. The van der Waals surface area contributed by atoms with Gasteiger partial charge in [0.05, 0.1) is 6.61 Å². The van der Waals surface area contributed by atoms with Gasteiger partial charge in [0, 0.05) is 6.54 Å². The van der Waals surface area contributed by atoms with E-state index < -0.39 is 11.6 Å². The second-order valence-corrected chi connectivity index (χ2v) is 6.98. The fraction of sp³-hybridized carbons (Fsp3) is 0.889. The first-order valence-electron chi connectivity index (χ1n) is 9.47. The van der Waals surface area contributed by atoms with Gasteiger partial charge in [0.15, 0.2) is 0 Å². The average Bonchev–Trinajstić information content (AvgIpc) is 2.55. The minimum absolute atomic E-state index is 0.304. The Morgan fingerprint density at radius 2 is 1.65 bits per heavy atom. The van der Waals surface area contributed by atoms with Crippen molar-refractivity contribution in [2.45, 2.75) is 77.9 Å². The van der Waals surface area contributed by atoms with Gasteiger partial charge in [0.1, 0.15) is 11.6 Å². The summed E-state index contributed by atoms with van der Waals surface area (Å²) < 4.78 is 9.97. The highest BCUT2D eigenvalue weighted by Crippen LogP contribution is 2.06. The number of nitrogens with one attached hydrogen (secondary N) is 1. The van der Waals surface area contributed by atoms with Crippen molar-refractivity contribution in [1.82, 2.24) is 5.32 Å². The number of amides is 1. The van der Waals surface area contributed by atoms with Gasteiger partial charge >= 0.3 is 12.1 Å². The Balaban J connectivity index is 0. The predicted molar refractivity (Wildman–Crippen MR) is 105 cm³/mol. The molecule has 8 nitrogen and oxygen atoms in total. The first-order valence-corrected chi connectivity index (χ1v) is 9.47. The molecule has 8 heteroatoms. The Morgan fingerprint density at radius 3 is 2.15 bits per heavy atom. The van der Waals surface area contributed by atoms with E-state index in [2.05, 4.69) is 5.32 Å². The Labute approximate surface area is 158 Å². The minimum Gasteiger partial charge on any atom is -0.465 e. The normalized spacial score (nSPS) is 11.8. The third-order valence-corrected chi connectivity index (χ3v) is 3.06. The molecule has 0 aromatic rings. The summed E-state index contributed by atoms with van der Waals surface area (Å²) in [6.07, 6.45) is 4.77. The monoisotopic (exact) mass is 376 g/mol. The van der Waals surface area contributed by atoms with Gasteiger partial charge in [-0.25, -0.2) is 4.79 Å². The molecule has 156 valence electrons. The molecule has 0 aromatic carbocycles. The van der Waals surface area contributed by atoms with Crippen molar-refractivity contribution in [3.05, 3.63) is 0 Å². The van der Waals surface area contributed by atoms with E-state index in [1.54, 1.807) is 0 Å². The number of carbonyl (C=O) groups excluding carboxylic acids is 2. The molecule has 1 amide bonds. The van der Waals surface area contributed by atoms with Crippen LogP contribution in [0.25, 0.3) is 0 Å². The van der Waals surface area contributed by atoms with Crippen LogP contribution in [0, 0.1) is 0 Å². The number of carbonyl (C=O) groups is 2. The van der Waals surface area contributed by atoms with Crippen LogP contribution in [0.4, 0.5) is 4.79 Å². The predicted octanol–water partition coefficient (Wildman–Crippen LogP) is 1.65. The number of hydrogen-bond acceptors (Lipinski definition) is 7. The second-order valence-electron chi connectivity index (χ2n) is 6.98. The summed E-state index contributed by atoms with van der Waals surface area (Å²) in [5.41, 5.74) is 15.7. The van der Waals surface area contributed by atoms with Crippen LogP contribution < -0.4 is 22.5 Å². The van der Waals surface area contributed by atoms with Crippen LogP contribution >= 0.6 is 0 Å². The van der Waals surface area contributed by atoms with Gasteiger partial charge in [-0.2, -0.15) is 0 Å². The maximum atomic E-state index is 11.1. The second kappa shape index (κ2) is 17.1. The smallest absolute Gasteiger partial charge is 0.407 e. The lowest BCUT2D eigenvalue weighted by atomic mass is 10.2. The molecule has 0 saturated heterocycles. The Kier molecular flexibility index (Phi) is 17.6. The number of unbranched alkanes of at least 4 members (excludes halogenated alkanes) is 2. The molecule has 0 aliphatic rings. The minimum atomic E-state index is -0.500. The van der Waals surface area contributed by atoms with Gasteiger partial charge in [-0.05, 0) is 66.0 Å². The molecule has 0 aromatic heterocycles. The summed E-state index contributed by atoms with van der Waals surface area (Å²) >= 11 is 0. The van der Waals surface area contributed by atoms with Gasteiger partial charge in [-0.15, -0.1) is 0 Å². The molecule has 0 bridgehead atoms. The maximum absolute atomic E-state index is 11.1. The quantitative estimate of drug-likeness (QED) is 0.317. The number of nitrogens with two attached hydrogens (primary N) is 3. The highest BCUT2D eigenvalue weighted by atomic mass is 16.6. The van der Waals surface area contributed by atoms with Crippen molar-refractivity contribution < 1.29 is 19.1 Å². The van der Waals surface area contributed by atoms with Crippen molar-refractivity contribution >= 4 is 12.1 Å². The SMILES string of the molecule is CC(C)(C)OC(=O)NCCCCN.CCCCOC(=O)C(N)CCCN. The van der Waals surface area contributed by atoms with E-state index in [4.69, 9.17) is 26.7 Å². The molecule has 1 atom stereocenters. The third-order valence-electron chi connectivity index (χ3n) is 3.06. The number of hydrogen-bond donors (Lipinski definition) is 4. The van der Waals surface area contributed by atoms with Crippen LogP contribution in [-0.4, -0.2) is 49.9 Å². The fourth-order valence-electron chi connectivity index (χ4n) is 1.65. The van der Waals surface area contributed by atoms with Crippen LogP contribution in [0.2, 0.25) is 0 Å². The van der Waals surface area contributed by atoms with Crippen LogP contribution in [-0.2, 0) is 14.3 Å². The van der Waals surface area contributed by atoms with Gasteiger partial charge in [0.2, 0.25) is 0 Å². The summed E-state index contributed by atoms with van der Waals surface area (Å²) in [5, 5.41) is 2.66. The molecule has 0 rings (SSSR count). The van der Waals surface area contributed by atoms with E-state index in [0.717, 1.165) is 32.1 Å². The standard InChI is InChI=1S/2C9H20N2O2/c1-9(2,3)13-8(12)11-7-5-4-6-10;1-2-3-7-13-9(12)8(11)5-4-6-10/h4-7,10H2,1-3H3,(H,11,12);8H,2-7,10-11H2,1H3. The number of esters is 1. The van der Waals surface area contributed by atoms with Crippen LogP contribution in [0.3, 0.4) is 0 Å². The Bertz CT molecular complexity index is 360. The first kappa shape index (κ1) is 26.8. The zero-order valence-electron chi connectivity index (χ0n) is 17.0. The lowest BCUT2D eigenvalue weighted by Gasteiger charge is -2.19. The Morgan fingerprint density at radius 1 is 1.04 bits per heavy atom. The van der Waals surface area contributed by atoms with Crippen LogP contribution in [0.5, 0.6) is 0 Å². The van der Waals surface area contributed by atoms with E-state index in [0.29, 0.717) is 32.7 Å². The molecular formula is C18H40N4O4. The van der Waals surface area contributed by atoms with E-state index in [9.17, 15) is 9.59 Å². The zero-order valence-corrected chi connectivity index (χ0v) is 17.0. The number of alkyl carbamates (subject to hydrolysis) is 1. The molecular weight excluding hydrogens is 336 g/mol. The largest absolute Gasteiger partial charge is 0.465 e. The Hall–Kier alpha value is -1.38. The maximum Gasteiger partial charge on any atom is 0.407 e. The molecule has 0 radical (unpaired) electrons. The fourth-order valence-corrected chi connectivity index (χ4v) is 1.65. The highest BCUT2D eigenvalue weighted by molar-refractivity contribution is 5.75. The van der Waals surface area contributed by atoms with Gasteiger partial charge in [-0.1, -0.05) is 13.3 Å². The summed E-state index contributed by atoms with van der Waals surface area (Å²) in [6.45, 7) is 9.90. The van der Waals surface area contributed by atoms with E-state index in [1.165, 1.54) is 0 Å². The van der Waals surface area contributed by atoms with E-state index in [-0.39, 0.29) is 12.1 Å². The summed E-state index contributed by atoms with van der Waals surface area (Å²) in [7, 11) is 0. The zero-order chi connectivity index (χ0) is 20.4. The first-order chi connectivity index (χ1) is 12.2. The topological polar surface area (TPSA) is 143 Å². The van der Waals surface area contributed by atoms with Crippen molar-refractivity contribution in [3.63, 3.8) is 0 Å². The molecule has 26 heavy (non-hydrogen) atoms. The molecule has 7 N–H and O–H groups in total. The van der Waals surface area contributed by atoms with Crippen molar-refractivity contribution in [2.24, 2.45) is 17.2 Å². The average molecular weight is 377 g/mol. The molecule has 1 unspecified atom stereocenters. The molecule has 0 saturated carbocycles. The van der Waals surface area contributed by atoms with Crippen LogP contribution in [0.1, 0.15) is 66.2 Å². The third kappa shape index (κ3) is 20.7. The van der Waals surface area contributed by atoms with Gasteiger partial charge < -0.3 is 32.0 Å². The lowest BCUT2D eigenvalue weighted by molar-refractivity contribution is -0.145. The number of rotatable bonds is 11. The van der Waals surface area contributed by atoms with Crippen molar-refractivity contribution in [2.75, 3.05) is 26.2 Å². The highest BCUT2D eigenvalue weighted by Gasteiger charge is 2.15. The van der Waals surface area contributed by atoms with Crippen molar-refractivity contribution in [3.8, 4) is 0 Å². The summed E-state index contributed by atoms with van der Waals surface area (Å²) in [6, 6.07) is -0.500. The van der Waals surface area contributed by atoms with E-state index in [1.807, 2.05) is 27.7 Å². The molecule has 0 fully saturated rings. The molecule has 0 aliphatic carbocycles. The van der Waals surface area contributed by atoms with Crippen LogP contribution in [0.15, 0.2) is 0 Å². The van der Waals surface area contributed by atoms with Gasteiger partial charge in [-0.3, -0.25) is 4.79 Å².